The van der Waals surface area contributed by atoms with Gasteiger partial charge in [0.15, 0.2) is 6.29 Å². The van der Waals surface area contributed by atoms with Crippen molar-refractivity contribution in [1.29, 1.82) is 0 Å². The average molecular weight is 399 g/mol. The Morgan fingerprint density at radius 2 is 2.15 bits per heavy atom. The smallest absolute Gasteiger partial charge is 0.331 e. The van der Waals surface area contributed by atoms with E-state index < -0.39 is 17.3 Å². The molecule has 3 fully saturated rings. The number of esters is 1. The zero-order chi connectivity index (χ0) is 19.4. The monoisotopic (exact) mass is 398 g/mol. The maximum absolute atomic E-state index is 11.7. The second kappa shape index (κ2) is 6.72. The van der Waals surface area contributed by atoms with E-state index in [4.69, 9.17) is 25.8 Å². The summed E-state index contributed by atoms with van der Waals surface area (Å²) in [4.78, 5) is 11.4. The van der Waals surface area contributed by atoms with Gasteiger partial charge in [-0.2, -0.15) is 0 Å². The summed E-state index contributed by atoms with van der Waals surface area (Å²) in [6, 6.07) is 0. The zero-order valence-corrected chi connectivity index (χ0v) is 17.3. The van der Waals surface area contributed by atoms with Crippen molar-refractivity contribution in [2.75, 3.05) is 20.3 Å². The highest BCUT2D eigenvalue weighted by molar-refractivity contribution is 6.21. The molecule has 1 N–H and O–H groups in total. The van der Waals surface area contributed by atoms with Gasteiger partial charge in [-0.1, -0.05) is 13.8 Å². The van der Waals surface area contributed by atoms with Gasteiger partial charge in [0.25, 0.3) is 0 Å². The molecule has 6 heteroatoms. The number of carbonyl (C=O) groups excluding carboxylic acids is 1. The Labute approximate surface area is 166 Å². The number of alkyl halides is 1. The fourth-order valence-electron chi connectivity index (χ4n) is 6.59. The molecule has 2 aliphatic carbocycles. The van der Waals surface area contributed by atoms with Crippen molar-refractivity contribution in [1.82, 2.24) is 0 Å². The standard InChI is InChI=1S/C21H31ClO5/c1-13-6-9-20-15(19(13,2)8-7-14-10-17(23)26-11-14)4-5-16(22)21(20,24)12-27-18(20)25-3/h10,13,15-16,18,24H,4-9,11-12H2,1-3H3/t13-,15-,16+,18+,19+,20+,21-/m0/s1. The fourth-order valence-corrected chi connectivity index (χ4v) is 6.98. The third-order valence-corrected chi connectivity index (χ3v) is 8.94. The van der Waals surface area contributed by atoms with E-state index in [1.54, 1.807) is 13.2 Å². The van der Waals surface area contributed by atoms with Crippen LogP contribution in [0.3, 0.4) is 0 Å². The lowest BCUT2D eigenvalue weighted by Gasteiger charge is -2.63. The fraction of sp³-hybridized carbons (Fsp3) is 0.857. The van der Waals surface area contributed by atoms with Crippen LogP contribution in [0.5, 0.6) is 0 Å². The molecule has 0 radical (unpaired) electrons. The maximum Gasteiger partial charge on any atom is 0.331 e. The summed E-state index contributed by atoms with van der Waals surface area (Å²) in [5.74, 6) is 0.546. The highest BCUT2D eigenvalue weighted by Gasteiger charge is 2.73. The van der Waals surface area contributed by atoms with Gasteiger partial charge in [-0.3, -0.25) is 0 Å². The Hall–Kier alpha value is -0.620. The number of carbonyl (C=O) groups is 1. The molecule has 0 aromatic rings. The molecule has 2 saturated carbocycles. The van der Waals surface area contributed by atoms with Crippen LogP contribution in [-0.2, 0) is 19.0 Å². The number of hydrogen-bond donors (Lipinski definition) is 1. The van der Waals surface area contributed by atoms with E-state index in [9.17, 15) is 9.90 Å². The minimum atomic E-state index is -1.05. The lowest BCUT2D eigenvalue weighted by Crippen LogP contribution is -2.68. The normalized spacial score (nSPS) is 49.4. The predicted octanol–water partition coefficient (Wildman–Crippen LogP) is 3.42. The molecule has 7 atom stereocenters. The summed E-state index contributed by atoms with van der Waals surface area (Å²) >= 11 is 6.67. The molecular formula is C21H31ClO5. The molecule has 1 saturated heterocycles. The van der Waals surface area contributed by atoms with Crippen LogP contribution in [0, 0.1) is 22.7 Å². The SMILES string of the molecule is CO[C@@H]1OC[C@]2(O)[C@H](Cl)CC[C@H]3[C@](C)(CCC4=CC(=O)OC4)[C@@H](C)CC[C@]132. The van der Waals surface area contributed by atoms with Gasteiger partial charge in [0.2, 0.25) is 0 Å². The lowest BCUT2D eigenvalue weighted by atomic mass is 9.43. The van der Waals surface area contributed by atoms with Crippen LogP contribution in [0.4, 0.5) is 0 Å². The number of methoxy groups -OCH3 is 1. The molecule has 0 amide bonds. The first-order valence-electron chi connectivity index (χ1n) is 10.1. The van der Waals surface area contributed by atoms with Gasteiger partial charge >= 0.3 is 5.97 Å². The molecule has 4 rings (SSSR count). The van der Waals surface area contributed by atoms with Crippen molar-refractivity contribution in [2.24, 2.45) is 22.7 Å². The van der Waals surface area contributed by atoms with E-state index in [0.717, 1.165) is 44.1 Å². The molecule has 1 spiro atoms. The number of halogens is 1. The second-order valence-corrected chi connectivity index (χ2v) is 9.82. The van der Waals surface area contributed by atoms with E-state index in [-0.39, 0.29) is 29.3 Å². The van der Waals surface area contributed by atoms with E-state index in [1.165, 1.54) is 0 Å². The molecule has 2 heterocycles. The Kier molecular flexibility index (Phi) is 4.90. The van der Waals surface area contributed by atoms with Gasteiger partial charge in [0.1, 0.15) is 12.2 Å². The van der Waals surface area contributed by atoms with Gasteiger partial charge in [-0.15, -0.1) is 11.6 Å². The van der Waals surface area contributed by atoms with Gasteiger partial charge in [-0.25, -0.2) is 4.79 Å². The number of rotatable bonds is 4. The molecule has 0 aromatic carbocycles. The van der Waals surface area contributed by atoms with Crippen molar-refractivity contribution < 1.29 is 24.1 Å². The summed E-state index contributed by atoms with van der Waals surface area (Å²) in [6.45, 7) is 5.33. The highest BCUT2D eigenvalue weighted by Crippen LogP contribution is 2.68. The first kappa shape index (κ1) is 19.7. The molecule has 0 bridgehead atoms. The van der Waals surface area contributed by atoms with Crippen molar-refractivity contribution in [2.45, 2.75) is 69.6 Å². The quantitative estimate of drug-likeness (QED) is 0.580. The Morgan fingerprint density at radius 1 is 1.37 bits per heavy atom. The van der Waals surface area contributed by atoms with E-state index >= 15 is 0 Å². The van der Waals surface area contributed by atoms with Crippen molar-refractivity contribution in [3.05, 3.63) is 11.6 Å². The number of ether oxygens (including phenoxy) is 3. The van der Waals surface area contributed by atoms with Gasteiger partial charge in [0, 0.05) is 13.2 Å². The summed E-state index contributed by atoms with van der Waals surface area (Å²) < 4.78 is 16.8. The Bertz CT molecular complexity index is 650. The molecule has 4 aliphatic rings. The molecule has 0 aromatic heterocycles. The van der Waals surface area contributed by atoms with E-state index in [2.05, 4.69) is 13.8 Å². The average Bonchev–Trinajstić information content (AvgIpc) is 3.19. The minimum absolute atomic E-state index is 0.0141. The molecule has 2 aliphatic heterocycles. The first-order chi connectivity index (χ1) is 12.8. The van der Waals surface area contributed by atoms with E-state index in [1.807, 2.05) is 0 Å². The largest absolute Gasteiger partial charge is 0.458 e. The highest BCUT2D eigenvalue weighted by atomic mass is 35.5. The lowest BCUT2D eigenvalue weighted by molar-refractivity contribution is -0.242. The molecule has 5 nitrogen and oxygen atoms in total. The number of hydrogen-bond acceptors (Lipinski definition) is 5. The van der Waals surface area contributed by atoms with Crippen LogP contribution in [0.1, 0.15) is 52.4 Å². The van der Waals surface area contributed by atoms with E-state index in [0.29, 0.717) is 12.5 Å². The van der Waals surface area contributed by atoms with Crippen LogP contribution in [0.15, 0.2) is 11.6 Å². The first-order valence-corrected chi connectivity index (χ1v) is 10.6. The topological polar surface area (TPSA) is 65.0 Å². The maximum atomic E-state index is 11.7. The zero-order valence-electron chi connectivity index (χ0n) is 16.5. The van der Waals surface area contributed by atoms with Gasteiger partial charge in [0.05, 0.1) is 17.4 Å². The molecule has 27 heavy (non-hydrogen) atoms. The van der Waals surface area contributed by atoms with Gasteiger partial charge < -0.3 is 19.3 Å². The third kappa shape index (κ3) is 2.65. The third-order valence-electron chi connectivity index (χ3n) is 8.36. The summed E-state index contributed by atoms with van der Waals surface area (Å²) in [6.07, 6.45) is 6.66. The van der Waals surface area contributed by atoms with Crippen molar-refractivity contribution in [3.8, 4) is 0 Å². The Balaban J connectivity index is 1.68. The summed E-state index contributed by atoms with van der Waals surface area (Å²) in [5.41, 5.74) is -0.435. The summed E-state index contributed by atoms with van der Waals surface area (Å²) in [7, 11) is 1.67. The van der Waals surface area contributed by atoms with Crippen LogP contribution in [0.25, 0.3) is 0 Å². The Morgan fingerprint density at radius 3 is 2.81 bits per heavy atom. The van der Waals surface area contributed by atoms with Crippen LogP contribution < -0.4 is 0 Å². The van der Waals surface area contributed by atoms with Crippen LogP contribution in [-0.4, -0.2) is 48.7 Å². The summed E-state index contributed by atoms with van der Waals surface area (Å²) in [5, 5.41) is 11.4. The second-order valence-electron chi connectivity index (χ2n) is 9.30. The number of cyclic esters (lactones) is 1. The number of aliphatic hydroxyl groups is 1. The molecule has 152 valence electrons. The molecule has 0 unspecified atom stereocenters. The van der Waals surface area contributed by atoms with Crippen molar-refractivity contribution in [3.63, 3.8) is 0 Å². The van der Waals surface area contributed by atoms with Crippen LogP contribution >= 0.6 is 11.6 Å². The van der Waals surface area contributed by atoms with Crippen molar-refractivity contribution >= 4 is 17.6 Å². The predicted molar refractivity (Wildman–Crippen MR) is 101 cm³/mol. The van der Waals surface area contributed by atoms with Crippen LogP contribution in [0.2, 0.25) is 0 Å². The molecular weight excluding hydrogens is 368 g/mol. The van der Waals surface area contributed by atoms with Gasteiger partial charge in [-0.05, 0) is 61.3 Å². The minimum Gasteiger partial charge on any atom is -0.458 e.